The molecule has 1 aliphatic heterocycles. The van der Waals surface area contributed by atoms with Gasteiger partial charge in [0.15, 0.2) is 5.75 Å². The molecule has 6 heteroatoms. The van der Waals surface area contributed by atoms with Crippen molar-refractivity contribution in [3.05, 3.63) is 90.0 Å². The molecule has 172 valence electrons. The summed E-state index contributed by atoms with van der Waals surface area (Å²) >= 11 is 0. The third-order valence-corrected chi connectivity index (χ3v) is 5.67. The van der Waals surface area contributed by atoms with E-state index in [0.29, 0.717) is 11.4 Å². The molecule has 1 atom stereocenters. The molecule has 0 unspecified atom stereocenters. The van der Waals surface area contributed by atoms with Crippen LogP contribution < -0.4 is 15.4 Å². The second kappa shape index (κ2) is 11.6. The number of nitrogens with one attached hydrogen (secondary N) is 2. The molecule has 4 rings (SSSR count). The molecule has 1 fully saturated rings. The Hall–Kier alpha value is -3.19. The first-order chi connectivity index (χ1) is 16.2. The Labute approximate surface area is 195 Å². The summed E-state index contributed by atoms with van der Waals surface area (Å²) in [6.45, 7) is 6.41. The van der Waals surface area contributed by atoms with Crippen LogP contribution in [-0.2, 0) is 9.53 Å². The van der Waals surface area contributed by atoms with Crippen LogP contribution in [0.5, 0.6) is 11.5 Å². The molecule has 3 aromatic carbocycles. The molecule has 1 amide bonds. The highest BCUT2D eigenvalue weighted by atomic mass is 16.5. The fourth-order valence-electron chi connectivity index (χ4n) is 3.81. The van der Waals surface area contributed by atoms with Crippen molar-refractivity contribution in [3.63, 3.8) is 0 Å². The Morgan fingerprint density at radius 3 is 2.42 bits per heavy atom. The van der Waals surface area contributed by atoms with E-state index in [1.807, 2.05) is 54.6 Å². The molecule has 0 aliphatic carbocycles. The van der Waals surface area contributed by atoms with E-state index in [1.165, 1.54) is 11.1 Å². The predicted molar refractivity (Wildman–Crippen MR) is 131 cm³/mol. The summed E-state index contributed by atoms with van der Waals surface area (Å²) in [5, 5.41) is 6.45. The van der Waals surface area contributed by atoms with Gasteiger partial charge in [-0.3, -0.25) is 9.69 Å². The highest BCUT2D eigenvalue weighted by Crippen LogP contribution is 2.29. The number of carbonyl (C=O) groups excluding carboxylic acids is 1. The number of benzene rings is 3. The van der Waals surface area contributed by atoms with Gasteiger partial charge in [0.1, 0.15) is 5.75 Å². The molecule has 0 aromatic heterocycles. The number of para-hydroxylation sites is 3. The fourth-order valence-corrected chi connectivity index (χ4v) is 3.81. The van der Waals surface area contributed by atoms with Gasteiger partial charge in [-0.25, -0.2) is 0 Å². The zero-order valence-corrected chi connectivity index (χ0v) is 19.0. The first-order valence-electron chi connectivity index (χ1n) is 11.4. The second-order valence-corrected chi connectivity index (χ2v) is 8.22. The lowest BCUT2D eigenvalue weighted by molar-refractivity contribution is -0.115. The number of hydrogen-bond donors (Lipinski definition) is 2. The van der Waals surface area contributed by atoms with Gasteiger partial charge in [-0.1, -0.05) is 60.2 Å². The number of ether oxygens (including phenoxy) is 2. The quantitative estimate of drug-likeness (QED) is 0.512. The molecule has 0 radical (unpaired) electrons. The number of nitrogens with zero attached hydrogens (tertiary/aromatic N) is 1. The summed E-state index contributed by atoms with van der Waals surface area (Å²) < 4.78 is 11.4. The Morgan fingerprint density at radius 2 is 1.67 bits per heavy atom. The standard InChI is InChI=1S/C27H31N3O3/c1-21-11-13-22(14-12-21)25(20-30-15-17-32-18-16-30)28-19-27(31)29-24-9-5-6-10-26(24)33-23-7-3-2-4-8-23/h2-14,25,28H,15-20H2,1H3,(H,29,31)/t25-/m1/s1. The maximum absolute atomic E-state index is 12.8. The minimum absolute atomic E-state index is 0.0465. The molecule has 1 aliphatic rings. The third kappa shape index (κ3) is 6.89. The van der Waals surface area contributed by atoms with Crippen LogP contribution in [0.2, 0.25) is 0 Å². The zero-order chi connectivity index (χ0) is 22.9. The molecule has 0 bridgehead atoms. The van der Waals surface area contributed by atoms with Gasteiger partial charge >= 0.3 is 0 Å². The van der Waals surface area contributed by atoms with Crippen LogP contribution >= 0.6 is 0 Å². The molecule has 33 heavy (non-hydrogen) atoms. The Kier molecular flexibility index (Phi) is 8.09. The van der Waals surface area contributed by atoms with Crippen molar-refractivity contribution >= 4 is 11.6 Å². The van der Waals surface area contributed by atoms with Crippen molar-refractivity contribution < 1.29 is 14.3 Å². The summed E-state index contributed by atoms with van der Waals surface area (Å²) in [7, 11) is 0. The number of amides is 1. The molecular formula is C27H31N3O3. The van der Waals surface area contributed by atoms with E-state index in [4.69, 9.17) is 9.47 Å². The number of carbonyl (C=O) groups is 1. The van der Waals surface area contributed by atoms with E-state index in [-0.39, 0.29) is 18.5 Å². The lowest BCUT2D eigenvalue weighted by Crippen LogP contribution is -2.43. The highest BCUT2D eigenvalue weighted by molar-refractivity contribution is 5.93. The zero-order valence-electron chi connectivity index (χ0n) is 19.0. The average molecular weight is 446 g/mol. The predicted octanol–water partition coefficient (Wildman–Crippen LogP) is 4.39. The van der Waals surface area contributed by atoms with Crippen molar-refractivity contribution in [2.45, 2.75) is 13.0 Å². The SMILES string of the molecule is Cc1ccc([C@@H](CN2CCOCC2)NCC(=O)Nc2ccccc2Oc2ccccc2)cc1. The summed E-state index contributed by atoms with van der Waals surface area (Å²) in [4.78, 5) is 15.2. The number of aryl methyl sites for hydroxylation is 1. The van der Waals surface area contributed by atoms with Gasteiger partial charge in [-0.15, -0.1) is 0 Å². The summed E-state index contributed by atoms with van der Waals surface area (Å²) in [6, 6.07) is 25.6. The lowest BCUT2D eigenvalue weighted by atomic mass is 10.0. The maximum atomic E-state index is 12.8. The Bertz CT molecular complexity index is 1020. The van der Waals surface area contributed by atoms with Crippen LogP contribution in [0.3, 0.4) is 0 Å². The highest BCUT2D eigenvalue weighted by Gasteiger charge is 2.19. The molecule has 0 saturated carbocycles. The molecule has 0 spiro atoms. The van der Waals surface area contributed by atoms with Crippen LogP contribution in [0.1, 0.15) is 17.2 Å². The maximum Gasteiger partial charge on any atom is 0.238 e. The second-order valence-electron chi connectivity index (χ2n) is 8.22. The lowest BCUT2D eigenvalue weighted by Gasteiger charge is -2.31. The molecule has 3 aromatic rings. The molecule has 1 heterocycles. The van der Waals surface area contributed by atoms with E-state index in [1.54, 1.807) is 0 Å². The van der Waals surface area contributed by atoms with E-state index in [2.05, 4.69) is 46.7 Å². The topological polar surface area (TPSA) is 62.8 Å². The van der Waals surface area contributed by atoms with Gasteiger partial charge in [-0.2, -0.15) is 0 Å². The largest absolute Gasteiger partial charge is 0.455 e. The summed E-state index contributed by atoms with van der Waals surface area (Å²) in [5.41, 5.74) is 3.04. The van der Waals surface area contributed by atoms with Gasteiger partial charge in [0, 0.05) is 25.7 Å². The van der Waals surface area contributed by atoms with Gasteiger partial charge in [0.25, 0.3) is 0 Å². The first kappa shape index (κ1) is 23.0. The van der Waals surface area contributed by atoms with Gasteiger partial charge in [-0.05, 0) is 36.8 Å². The normalized spacial score (nSPS) is 15.1. The van der Waals surface area contributed by atoms with Crippen LogP contribution in [0.25, 0.3) is 0 Å². The number of morpholine rings is 1. The Morgan fingerprint density at radius 1 is 0.970 bits per heavy atom. The number of anilines is 1. The van der Waals surface area contributed by atoms with Crippen LogP contribution in [0.4, 0.5) is 5.69 Å². The van der Waals surface area contributed by atoms with Crippen molar-refractivity contribution in [3.8, 4) is 11.5 Å². The van der Waals surface area contributed by atoms with Crippen LogP contribution in [-0.4, -0.2) is 50.2 Å². The van der Waals surface area contributed by atoms with Crippen LogP contribution in [0.15, 0.2) is 78.9 Å². The smallest absolute Gasteiger partial charge is 0.238 e. The van der Waals surface area contributed by atoms with E-state index >= 15 is 0 Å². The van der Waals surface area contributed by atoms with Gasteiger partial charge < -0.3 is 20.1 Å². The van der Waals surface area contributed by atoms with Crippen LogP contribution in [0, 0.1) is 6.92 Å². The molecule has 6 nitrogen and oxygen atoms in total. The number of rotatable bonds is 9. The molecular weight excluding hydrogens is 414 g/mol. The fraction of sp³-hybridized carbons (Fsp3) is 0.296. The molecule has 1 saturated heterocycles. The first-order valence-corrected chi connectivity index (χ1v) is 11.4. The summed E-state index contributed by atoms with van der Waals surface area (Å²) in [6.07, 6.45) is 0. The van der Waals surface area contributed by atoms with Gasteiger partial charge in [0.05, 0.1) is 25.4 Å². The average Bonchev–Trinajstić information content (AvgIpc) is 2.85. The van der Waals surface area contributed by atoms with Crippen molar-refractivity contribution in [1.29, 1.82) is 0 Å². The molecule has 2 N–H and O–H groups in total. The minimum atomic E-state index is -0.113. The monoisotopic (exact) mass is 445 g/mol. The van der Waals surface area contributed by atoms with E-state index < -0.39 is 0 Å². The van der Waals surface area contributed by atoms with Gasteiger partial charge in [0.2, 0.25) is 5.91 Å². The third-order valence-electron chi connectivity index (χ3n) is 5.67. The van der Waals surface area contributed by atoms with E-state index in [0.717, 1.165) is 38.6 Å². The van der Waals surface area contributed by atoms with Crippen molar-refractivity contribution in [2.75, 3.05) is 44.7 Å². The Balaban J connectivity index is 1.39. The minimum Gasteiger partial charge on any atom is -0.455 e. The van der Waals surface area contributed by atoms with Crippen molar-refractivity contribution in [2.24, 2.45) is 0 Å². The summed E-state index contributed by atoms with van der Waals surface area (Å²) in [5.74, 6) is 1.22. The van der Waals surface area contributed by atoms with E-state index in [9.17, 15) is 4.79 Å². The number of hydrogen-bond acceptors (Lipinski definition) is 5. The van der Waals surface area contributed by atoms with Crippen molar-refractivity contribution in [1.82, 2.24) is 10.2 Å².